The van der Waals surface area contributed by atoms with Crippen molar-refractivity contribution in [1.82, 2.24) is 10.2 Å². The van der Waals surface area contributed by atoms with Gasteiger partial charge < -0.3 is 14.8 Å². The molecule has 9 nitrogen and oxygen atoms in total. The second-order valence-electron chi connectivity index (χ2n) is 6.32. The second-order valence-corrected chi connectivity index (χ2v) is 7.18. The van der Waals surface area contributed by atoms with Crippen LogP contribution in [-0.2, 0) is 11.4 Å². The van der Waals surface area contributed by atoms with Crippen LogP contribution < -0.4 is 14.8 Å². The highest BCUT2D eigenvalue weighted by molar-refractivity contribution is 9.10. The number of amides is 3. The molecule has 1 fully saturated rings. The molecule has 2 aromatic rings. The van der Waals surface area contributed by atoms with Crippen LogP contribution >= 0.6 is 15.9 Å². The average Bonchev–Trinajstić information content (AvgIpc) is 2.96. The number of nitro benzene ring substituents is 1. The molecular weight excluding hydrogens is 458 g/mol. The molecule has 3 amide bonds. The van der Waals surface area contributed by atoms with Crippen molar-refractivity contribution in [3.63, 3.8) is 0 Å². The van der Waals surface area contributed by atoms with Gasteiger partial charge in [0.2, 0.25) is 0 Å². The van der Waals surface area contributed by atoms with Crippen molar-refractivity contribution in [3.05, 3.63) is 67.8 Å². The number of imide groups is 1. The molecule has 3 rings (SSSR count). The lowest BCUT2D eigenvalue weighted by Crippen LogP contribution is -2.25. The van der Waals surface area contributed by atoms with Crippen molar-refractivity contribution in [3.8, 4) is 11.5 Å². The molecule has 10 heteroatoms. The molecule has 1 aliphatic heterocycles. The summed E-state index contributed by atoms with van der Waals surface area (Å²) in [5.41, 5.74) is 1.38. The third kappa shape index (κ3) is 4.60. The van der Waals surface area contributed by atoms with Crippen molar-refractivity contribution in [2.45, 2.75) is 13.5 Å². The predicted octanol–water partition coefficient (Wildman–Crippen LogP) is 3.86. The number of halogens is 1. The summed E-state index contributed by atoms with van der Waals surface area (Å²) in [6.45, 7) is 2.30. The highest BCUT2D eigenvalue weighted by Crippen LogP contribution is 2.35. The molecule has 30 heavy (non-hydrogen) atoms. The Balaban J connectivity index is 1.86. The first kappa shape index (κ1) is 21.3. The summed E-state index contributed by atoms with van der Waals surface area (Å²) in [5.74, 6) is 0.426. The van der Waals surface area contributed by atoms with E-state index < -0.39 is 16.9 Å². The van der Waals surface area contributed by atoms with E-state index in [0.717, 1.165) is 4.90 Å². The van der Waals surface area contributed by atoms with Gasteiger partial charge in [-0.05, 0) is 36.3 Å². The zero-order valence-electron chi connectivity index (χ0n) is 16.2. The van der Waals surface area contributed by atoms with Gasteiger partial charge in [0.1, 0.15) is 12.3 Å². The number of non-ortho nitro benzene ring substituents is 1. The predicted molar refractivity (Wildman–Crippen MR) is 112 cm³/mol. The smallest absolute Gasteiger partial charge is 0.328 e. The summed E-state index contributed by atoms with van der Waals surface area (Å²) in [4.78, 5) is 35.2. The SMILES string of the molecule is CCOc1cc(/C=C2/NC(=O)N(C)C2=O)c(Br)cc1OCc1cccc([N+](=O)[O-])c1. The van der Waals surface area contributed by atoms with Crippen LogP contribution in [-0.4, -0.2) is 35.4 Å². The molecule has 1 aliphatic rings. The first-order valence-electron chi connectivity index (χ1n) is 8.93. The van der Waals surface area contributed by atoms with Crippen LogP contribution in [0.2, 0.25) is 0 Å². The topological polar surface area (TPSA) is 111 Å². The Morgan fingerprint density at radius 1 is 1.20 bits per heavy atom. The van der Waals surface area contributed by atoms with Gasteiger partial charge in [0.15, 0.2) is 11.5 Å². The van der Waals surface area contributed by atoms with Crippen LogP contribution in [0.4, 0.5) is 10.5 Å². The largest absolute Gasteiger partial charge is 0.490 e. The highest BCUT2D eigenvalue weighted by atomic mass is 79.9. The van der Waals surface area contributed by atoms with E-state index in [1.54, 1.807) is 30.3 Å². The number of ether oxygens (including phenoxy) is 2. The quantitative estimate of drug-likeness (QED) is 0.281. The van der Waals surface area contributed by atoms with Gasteiger partial charge in [0.25, 0.3) is 11.6 Å². The molecule has 1 saturated heterocycles. The molecule has 0 radical (unpaired) electrons. The Kier molecular flexibility index (Phi) is 6.36. The summed E-state index contributed by atoms with van der Waals surface area (Å²) in [5, 5.41) is 13.4. The van der Waals surface area contributed by atoms with Crippen LogP contribution in [0.1, 0.15) is 18.1 Å². The maximum Gasteiger partial charge on any atom is 0.328 e. The molecule has 0 atom stereocenters. The van der Waals surface area contributed by atoms with Crippen molar-refractivity contribution >= 4 is 39.6 Å². The molecular formula is C20H18BrN3O6. The molecule has 0 bridgehead atoms. The summed E-state index contributed by atoms with van der Waals surface area (Å²) in [7, 11) is 1.39. The number of likely N-dealkylation sites (N-methyl/N-ethyl adjacent to an activating group) is 1. The number of hydrogen-bond donors (Lipinski definition) is 1. The van der Waals surface area contributed by atoms with E-state index in [-0.39, 0.29) is 18.0 Å². The van der Waals surface area contributed by atoms with Crippen LogP contribution in [0.25, 0.3) is 6.08 Å². The maximum atomic E-state index is 12.1. The highest BCUT2D eigenvalue weighted by Gasteiger charge is 2.30. The fourth-order valence-electron chi connectivity index (χ4n) is 2.74. The summed E-state index contributed by atoms with van der Waals surface area (Å²) >= 11 is 3.44. The third-order valence-electron chi connectivity index (χ3n) is 4.26. The molecule has 0 spiro atoms. The van der Waals surface area contributed by atoms with Gasteiger partial charge in [0.05, 0.1) is 11.5 Å². The van der Waals surface area contributed by atoms with Crippen LogP contribution in [0, 0.1) is 10.1 Å². The van der Waals surface area contributed by atoms with E-state index in [4.69, 9.17) is 9.47 Å². The minimum absolute atomic E-state index is 0.0162. The van der Waals surface area contributed by atoms with E-state index in [0.29, 0.717) is 33.7 Å². The van der Waals surface area contributed by atoms with E-state index >= 15 is 0 Å². The van der Waals surface area contributed by atoms with Crippen molar-refractivity contribution in [2.24, 2.45) is 0 Å². The lowest BCUT2D eigenvalue weighted by Gasteiger charge is -2.14. The van der Waals surface area contributed by atoms with Gasteiger partial charge in [-0.1, -0.05) is 28.1 Å². The van der Waals surface area contributed by atoms with E-state index in [1.165, 1.54) is 19.2 Å². The molecule has 156 valence electrons. The fourth-order valence-corrected chi connectivity index (χ4v) is 3.18. The Hall–Kier alpha value is -3.40. The minimum Gasteiger partial charge on any atom is -0.490 e. The standard InChI is InChI=1S/C20H18BrN3O6/c1-3-29-17-9-13(8-16-19(25)23(2)20(26)22-16)15(21)10-18(17)30-11-12-5-4-6-14(7-12)24(27)28/h4-10H,3,11H2,1-2H3,(H,22,26)/b16-8+. The minimum atomic E-state index is -0.496. The van der Waals surface area contributed by atoms with Crippen molar-refractivity contribution in [1.29, 1.82) is 0 Å². The average molecular weight is 476 g/mol. The molecule has 1 N–H and O–H groups in total. The van der Waals surface area contributed by atoms with Gasteiger partial charge in [-0.15, -0.1) is 0 Å². The number of benzene rings is 2. The number of nitro groups is 1. The maximum absolute atomic E-state index is 12.1. The molecule has 0 aromatic heterocycles. The van der Waals surface area contributed by atoms with Crippen LogP contribution in [0.3, 0.4) is 0 Å². The third-order valence-corrected chi connectivity index (χ3v) is 4.95. The molecule has 1 heterocycles. The molecule has 0 saturated carbocycles. The molecule has 2 aromatic carbocycles. The number of carbonyl (C=O) groups excluding carboxylic acids is 2. The summed E-state index contributed by atoms with van der Waals surface area (Å²) in [6.07, 6.45) is 1.54. The number of rotatable bonds is 7. The fraction of sp³-hybridized carbons (Fsp3) is 0.200. The monoisotopic (exact) mass is 475 g/mol. The number of carbonyl (C=O) groups is 2. The lowest BCUT2D eigenvalue weighted by molar-refractivity contribution is -0.384. The Bertz CT molecular complexity index is 1050. The van der Waals surface area contributed by atoms with Gasteiger partial charge in [0, 0.05) is 23.7 Å². The Morgan fingerprint density at radius 3 is 2.57 bits per heavy atom. The van der Waals surface area contributed by atoms with Gasteiger partial charge >= 0.3 is 6.03 Å². The number of nitrogens with zero attached hydrogens (tertiary/aromatic N) is 2. The summed E-state index contributed by atoms with van der Waals surface area (Å²) in [6, 6.07) is 9.04. The number of nitrogens with one attached hydrogen (secondary N) is 1. The Morgan fingerprint density at radius 2 is 1.93 bits per heavy atom. The zero-order valence-corrected chi connectivity index (χ0v) is 17.8. The van der Waals surface area contributed by atoms with E-state index in [2.05, 4.69) is 21.2 Å². The van der Waals surface area contributed by atoms with Gasteiger partial charge in [-0.3, -0.25) is 19.8 Å². The normalized spacial score (nSPS) is 14.8. The number of urea groups is 1. The first-order chi connectivity index (χ1) is 14.3. The zero-order chi connectivity index (χ0) is 21.8. The number of hydrogen-bond acceptors (Lipinski definition) is 6. The van der Waals surface area contributed by atoms with Crippen LogP contribution in [0.5, 0.6) is 11.5 Å². The van der Waals surface area contributed by atoms with E-state index in [9.17, 15) is 19.7 Å². The second kappa shape index (κ2) is 8.95. The van der Waals surface area contributed by atoms with E-state index in [1.807, 2.05) is 6.92 Å². The molecule has 0 aliphatic carbocycles. The van der Waals surface area contributed by atoms with Gasteiger partial charge in [-0.25, -0.2) is 4.79 Å². The Labute approximate surface area is 180 Å². The van der Waals surface area contributed by atoms with Crippen LogP contribution in [0.15, 0.2) is 46.6 Å². The lowest BCUT2D eigenvalue weighted by atomic mass is 10.1. The van der Waals surface area contributed by atoms with Gasteiger partial charge in [-0.2, -0.15) is 0 Å². The first-order valence-corrected chi connectivity index (χ1v) is 9.72. The van der Waals surface area contributed by atoms with Crippen molar-refractivity contribution < 1.29 is 24.0 Å². The van der Waals surface area contributed by atoms with Crippen molar-refractivity contribution in [2.75, 3.05) is 13.7 Å². The molecule has 0 unspecified atom stereocenters. The summed E-state index contributed by atoms with van der Waals surface area (Å²) < 4.78 is 12.1.